The third-order valence-electron chi connectivity index (χ3n) is 5.03. The zero-order valence-corrected chi connectivity index (χ0v) is 19.4. The van der Waals surface area contributed by atoms with Gasteiger partial charge in [-0.2, -0.15) is 26.3 Å². The van der Waals surface area contributed by atoms with Crippen molar-refractivity contribution in [2.24, 2.45) is 11.3 Å². The molecule has 33 heavy (non-hydrogen) atoms. The van der Waals surface area contributed by atoms with E-state index in [0.29, 0.717) is 11.5 Å². The number of ether oxygens (including phenoxy) is 2. The van der Waals surface area contributed by atoms with Crippen LogP contribution in [0, 0.1) is 11.3 Å². The molecule has 1 rings (SSSR count). The lowest BCUT2D eigenvalue weighted by atomic mass is 9.76. The number of rotatable bonds is 8. The quantitative estimate of drug-likeness (QED) is 0.310. The summed E-state index contributed by atoms with van der Waals surface area (Å²) in [5.74, 6) is -3.17. The summed E-state index contributed by atoms with van der Waals surface area (Å²) >= 11 is 0. The molecule has 0 aliphatic carbocycles. The number of hydrogen-bond donors (Lipinski definition) is 0. The molecule has 188 valence electrons. The molecule has 0 fully saturated rings. The lowest BCUT2D eigenvalue weighted by Gasteiger charge is -2.29. The number of alkyl halides is 6. The maximum absolute atomic E-state index is 12.4. The minimum absolute atomic E-state index is 0.108. The van der Waals surface area contributed by atoms with Gasteiger partial charge >= 0.3 is 24.3 Å². The summed E-state index contributed by atoms with van der Waals surface area (Å²) in [6.07, 6.45) is -15.0. The van der Waals surface area contributed by atoms with Gasteiger partial charge in [-0.05, 0) is 41.7 Å². The first-order chi connectivity index (χ1) is 14.8. The maximum Gasteiger partial charge on any atom is 0.434 e. The summed E-state index contributed by atoms with van der Waals surface area (Å²) in [5, 5.41) is 0. The van der Waals surface area contributed by atoms with Gasteiger partial charge in [0.25, 0.3) is 6.10 Å². The van der Waals surface area contributed by atoms with Crippen molar-refractivity contribution in [3.8, 4) is 0 Å². The van der Waals surface area contributed by atoms with E-state index in [1.807, 2.05) is 12.1 Å². The standard InChI is InChI=1S/C23H30F6O4/c1-13(2)17(11-21(4,5)6)16-9-7-15(8-10-16)14(3)19(31)32-12-18(30)33-20(22(24,25)26)23(27,28)29/h7-10,13-14,17,20H,11-12H2,1-6H3. The van der Waals surface area contributed by atoms with Gasteiger partial charge in [0.2, 0.25) is 0 Å². The highest BCUT2D eigenvalue weighted by Gasteiger charge is 2.59. The van der Waals surface area contributed by atoms with Crippen molar-refractivity contribution < 1.29 is 45.4 Å². The summed E-state index contributed by atoms with van der Waals surface area (Å²) in [4.78, 5) is 23.6. The Kier molecular flexibility index (Phi) is 9.40. The number of benzene rings is 1. The van der Waals surface area contributed by atoms with E-state index in [0.717, 1.165) is 12.0 Å². The van der Waals surface area contributed by atoms with Gasteiger partial charge in [-0.1, -0.05) is 58.9 Å². The van der Waals surface area contributed by atoms with Gasteiger partial charge in [0.05, 0.1) is 5.92 Å². The van der Waals surface area contributed by atoms with Crippen molar-refractivity contribution in [1.82, 2.24) is 0 Å². The highest BCUT2D eigenvalue weighted by molar-refractivity contribution is 5.81. The Hall–Kier alpha value is -2.26. The van der Waals surface area contributed by atoms with E-state index in [1.54, 1.807) is 12.1 Å². The molecule has 10 heteroatoms. The molecule has 1 aromatic rings. The summed E-state index contributed by atoms with van der Waals surface area (Å²) in [6.45, 7) is 10.7. The van der Waals surface area contributed by atoms with Crippen LogP contribution in [0.3, 0.4) is 0 Å². The van der Waals surface area contributed by atoms with Crippen molar-refractivity contribution in [1.29, 1.82) is 0 Å². The lowest BCUT2D eigenvalue weighted by molar-refractivity contribution is -0.313. The molecule has 0 aliphatic rings. The molecule has 0 saturated heterocycles. The molecule has 0 saturated carbocycles. The van der Waals surface area contributed by atoms with Gasteiger partial charge in [0.15, 0.2) is 6.61 Å². The van der Waals surface area contributed by atoms with Crippen LogP contribution in [0.15, 0.2) is 24.3 Å². The molecule has 2 atom stereocenters. The van der Waals surface area contributed by atoms with Gasteiger partial charge in [0, 0.05) is 0 Å². The first kappa shape index (κ1) is 28.8. The second kappa shape index (κ2) is 10.8. The first-order valence-electron chi connectivity index (χ1n) is 10.4. The van der Waals surface area contributed by atoms with Crippen LogP contribution in [0.1, 0.15) is 70.9 Å². The smallest absolute Gasteiger partial charge is 0.434 e. The third kappa shape index (κ3) is 9.25. The van der Waals surface area contributed by atoms with E-state index in [9.17, 15) is 35.9 Å². The Morgan fingerprint density at radius 1 is 0.848 bits per heavy atom. The molecule has 1 aromatic carbocycles. The number of carbonyl (C=O) groups is 2. The van der Waals surface area contributed by atoms with Gasteiger partial charge in [-0.15, -0.1) is 0 Å². The second-order valence-electron chi connectivity index (χ2n) is 9.56. The Balaban J connectivity index is 2.78. The van der Waals surface area contributed by atoms with Crippen molar-refractivity contribution in [2.45, 2.75) is 78.3 Å². The average Bonchev–Trinajstić information content (AvgIpc) is 2.65. The van der Waals surface area contributed by atoms with Crippen LogP contribution in [-0.4, -0.2) is 37.0 Å². The van der Waals surface area contributed by atoms with Crippen LogP contribution in [0.5, 0.6) is 0 Å². The van der Waals surface area contributed by atoms with E-state index in [4.69, 9.17) is 0 Å². The van der Waals surface area contributed by atoms with Gasteiger partial charge in [-0.25, -0.2) is 4.79 Å². The fourth-order valence-electron chi connectivity index (χ4n) is 3.31. The predicted octanol–water partition coefficient (Wildman–Crippen LogP) is 6.55. The lowest BCUT2D eigenvalue weighted by Crippen LogP contribution is -2.46. The Morgan fingerprint density at radius 3 is 1.70 bits per heavy atom. The third-order valence-corrected chi connectivity index (χ3v) is 5.03. The Morgan fingerprint density at radius 2 is 1.30 bits per heavy atom. The molecule has 0 radical (unpaired) electrons. The van der Waals surface area contributed by atoms with Gasteiger partial charge < -0.3 is 9.47 Å². The number of esters is 2. The van der Waals surface area contributed by atoms with Crippen molar-refractivity contribution in [3.05, 3.63) is 35.4 Å². The molecule has 0 amide bonds. The van der Waals surface area contributed by atoms with Crippen molar-refractivity contribution in [2.75, 3.05) is 6.61 Å². The minimum atomic E-state index is -5.84. The zero-order valence-electron chi connectivity index (χ0n) is 19.4. The van der Waals surface area contributed by atoms with E-state index in [2.05, 4.69) is 44.1 Å². The van der Waals surface area contributed by atoms with Crippen LogP contribution in [-0.2, 0) is 19.1 Å². The van der Waals surface area contributed by atoms with Crippen LogP contribution < -0.4 is 0 Å². The zero-order chi connectivity index (χ0) is 25.8. The average molecular weight is 484 g/mol. The fourth-order valence-corrected chi connectivity index (χ4v) is 3.31. The maximum atomic E-state index is 12.4. The molecule has 0 spiro atoms. The highest BCUT2D eigenvalue weighted by atomic mass is 19.4. The largest absolute Gasteiger partial charge is 0.453 e. The molecule has 0 aromatic heterocycles. The van der Waals surface area contributed by atoms with Crippen molar-refractivity contribution in [3.63, 3.8) is 0 Å². The minimum Gasteiger partial charge on any atom is -0.453 e. The molecular formula is C23H30F6O4. The molecule has 4 nitrogen and oxygen atoms in total. The molecule has 2 unspecified atom stereocenters. The predicted molar refractivity (Wildman–Crippen MR) is 109 cm³/mol. The van der Waals surface area contributed by atoms with Gasteiger partial charge in [-0.3, -0.25) is 4.79 Å². The Labute approximate surface area is 189 Å². The second-order valence-corrected chi connectivity index (χ2v) is 9.56. The van der Waals surface area contributed by atoms with Gasteiger partial charge in [0.1, 0.15) is 0 Å². The van der Waals surface area contributed by atoms with E-state index >= 15 is 0 Å². The fraction of sp³-hybridized carbons (Fsp3) is 0.652. The molecule has 0 heterocycles. The van der Waals surface area contributed by atoms with Crippen molar-refractivity contribution >= 4 is 11.9 Å². The van der Waals surface area contributed by atoms with Crippen LogP contribution in [0.4, 0.5) is 26.3 Å². The summed E-state index contributed by atoms with van der Waals surface area (Å²) in [6, 6.07) is 7.17. The molecular weight excluding hydrogens is 454 g/mol. The number of carbonyl (C=O) groups excluding carboxylic acids is 2. The summed E-state index contributed by atoms with van der Waals surface area (Å²) in [7, 11) is 0. The molecule has 0 bridgehead atoms. The van der Waals surface area contributed by atoms with Crippen LogP contribution in [0.2, 0.25) is 0 Å². The molecule has 0 aliphatic heterocycles. The topological polar surface area (TPSA) is 52.6 Å². The Bertz CT molecular complexity index is 777. The normalized spacial score (nSPS) is 14.8. The monoisotopic (exact) mass is 484 g/mol. The highest BCUT2D eigenvalue weighted by Crippen LogP contribution is 2.37. The first-order valence-corrected chi connectivity index (χ1v) is 10.4. The van der Waals surface area contributed by atoms with E-state index < -0.39 is 42.9 Å². The van der Waals surface area contributed by atoms with Crippen LogP contribution in [0.25, 0.3) is 0 Å². The van der Waals surface area contributed by atoms with E-state index in [1.165, 1.54) is 6.92 Å². The van der Waals surface area contributed by atoms with Crippen LogP contribution >= 0.6 is 0 Å². The van der Waals surface area contributed by atoms with E-state index in [-0.39, 0.29) is 11.3 Å². The SMILES string of the molecule is CC(C(=O)OCC(=O)OC(C(F)(F)F)C(F)(F)F)c1ccc(C(CC(C)(C)C)C(C)C)cc1. The summed E-state index contributed by atoms with van der Waals surface area (Å²) < 4.78 is 82.7. The number of halogens is 6. The summed E-state index contributed by atoms with van der Waals surface area (Å²) in [5.41, 5.74) is 1.72. The number of hydrogen-bond acceptors (Lipinski definition) is 4. The molecule has 0 N–H and O–H groups in total.